The van der Waals surface area contributed by atoms with Gasteiger partial charge in [-0.1, -0.05) is 18.2 Å². The molecule has 0 saturated carbocycles. The highest BCUT2D eigenvalue weighted by molar-refractivity contribution is 9.10. The Morgan fingerprint density at radius 3 is 3.23 bits per heavy atom. The van der Waals surface area contributed by atoms with Crippen LogP contribution in [0.1, 0.15) is 6.42 Å². The molecule has 0 N–H and O–H groups in total. The van der Waals surface area contributed by atoms with E-state index in [1.54, 1.807) is 0 Å². The molecule has 0 unspecified atom stereocenters. The van der Waals surface area contributed by atoms with Crippen molar-refractivity contribution in [2.75, 3.05) is 0 Å². The van der Waals surface area contributed by atoms with Gasteiger partial charge in [0.05, 0.1) is 0 Å². The zero-order valence-corrected chi connectivity index (χ0v) is 9.28. The van der Waals surface area contributed by atoms with E-state index < -0.39 is 0 Å². The molecule has 1 aromatic rings. The molecule has 3 rings (SSSR count). The zero-order chi connectivity index (χ0) is 8.84. The first kappa shape index (κ1) is 7.77. The molecular formula is C11H7BrS. The summed E-state index contributed by atoms with van der Waals surface area (Å²) in [7, 11) is 0. The molecule has 0 radical (unpaired) electrons. The van der Waals surface area contributed by atoms with Crippen molar-refractivity contribution in [1.29, 1.82) is 0 Å². The molecule has 2 heteroatoms. The quantitative estimate of drug-likeness (QED) is 0.664. The first-order chi connectivity index (χ1) is 6.36. The van der Waals surface area contributed by atoms with Crippen LogP contribution in [0.15, 0.2) is 33.7 Å². The number of thiophene rings is 1. The van der Waals surface area contributed by atoms with Gasteiger partial charge in [-0.25, -0.2) is 0 Å². The van der Waals surface area contributed by atoms with Gasteiger partial charge in [-0.2, -0.15) is 0 Å². The Labute approximate surface area is 88.7 Å². The van der Waals surface area contributed by atoms with Crippen LogP contribution in [0, 0.1) is 0 Å². The molecule has 2 aliphatic carbocycles. The van der Waals surface area contributed by atoms with E-state index in [9.17, 15) is 0 Å². The van der Waals surface area contributed by atoms with Crippen LogP contribution in [0.4, 0.5) is 0 Å². The predicted octanol–water partition coefficient (Wildman–Crippen LogP) is 2.34. The second-order valence-electron chi connectivity index (χ2n) is 3.20. The third-order valence-electron chi connectivity index (χ3n) is 2.44. The summed E-state index contributed by atoms with van der Waals surface area (Å²) in [5, 5.41) is 3.54. The minimum atomic E-state index is 1.09. The first-order valence-electron chi connectivity index (χ1n) is 4.21. The molecule has 1 heterocycles. The summed E-state index contributed by atoms with van der Waals surface area (Å²) in [4.78, 5) is 0. The second-order valence-corrected chi connectivity index (χ2v) is 4.94. The van der Waals surface area contributed by atoms with E-state index in [0.717, 1.165) is 6.42 Å². The van der Waals surface area contributed by atoms with Crippen molar-refractivity contribution in [1.82, 2.24) is 0 Å². The van der Waals surface area contributed by atoms with E-state index in [1.165, 1.54) is 25.4 Å². The van der Waals surface area contributed by atoms with Gasteiger partial charge in [0, 0.05) is 19.6 Å². The summed E-state index contributed by atoms with van der Waals surface area (Å²) in [6.45, 7) is 0. The Bertz CT molecular complexity index is 543. The van der Waals surface area contributed by atoms with Gasteiger partial charge in [-0.3, -0.25) is 0 Å². The third-order valence-corrected chi connectivity index (χ3v) is 4.45. The summed E-state index contributed by atoms with van der Waals surface area (Å²) in [6.07, 6.45) is 9.91. The highest BCUT2D eigenvalue weighted by Gasteiger charge is 2.14. The second kappa shape index (κ2) is 2.69. The van der Waals surface area contributed by atoms with Gasteiger partial charge in [0.1, 0.15) is 0 Å². The Morgan fingerprint density at radius 1 is 1.38 bits per heavy atom. The van der Waals surface area contributed by atoms with Gasteiger partial charge in [-0.15, -0.1) is 11.3 Å². The average Bonchev–Trinajstić information content (AvgIpc) is 2.67. The van der Waals surface area contributed by atoms with E-state index in [-0.39, 0.29) is 0 Å². The summed E-state index contributed by atoms with van der Waals surface area (Å²) in [5.41, 5.74) is 2.89. The number of rotatable bonds is 0. The van der Waals surface area contributed by atoms with Crippen molar-refractivity contribution < 1.29 is 0 Å². The molecule has 2 aliphatic rings. The maximum absolute atomic E-state index is 3.57. The predicted molar refractivity (Wildman–Crippen MR) is 61.0 cm³/mol. The Morgan fingerprint density at radius 2 is 2.31 bits per heavy atom. The number of hydrogen-bond acceptors (Lipinski definition) is 1. The van der Waals surface area contributed by atoms with Crippen LogP contribution >= 0.6 is 27.3 Å². The maximum atomic E-state index is 3.57. The van der Waals surface area contributed by atoms with Gasteiger partial charge in [0.2, 0.25) is 0 Å². The molecule has 0 spiro atoms. The van der Waals surface area contributed by atoms with Crippen molar-refractivity contribution >= 4 is 38.9 Å². The van der Waals surface area contributed by atoms with E-state index in [0.29, 0.717) is 0 Å². The monoisotopic (exact) mass is 250 g/mol. The largest absolute Gasteiger partial charge is 0.142 e. The van der Waals surface area contributed by atoms with Gasteiger partial charge in [0.15, 0.2) is 0 Å². The number of fused-ring (bicyclic) bond motifs is 2. The summed E-state index contributed by atoms with van der Waals surface area (Å²) in [5.74, 6) is 0. The molecule has 13 heavy (non-hydrogen) atoms. The van der Waals surface area contributed by atoms with Gasteiger partial charge >= 0.3 is 0 Å². The highest BCUT2D eigenvalue weighted by Crippen LogP contribution is 2.24. The van der Waals surface area contributed by atoms with Gasteiger partial charge in [0.25, 0.3) is 0 Å². The van der Waals surface area contributed by atoms with Crippen LogP contribution in [0.2, 0.25) is 0 Å². The molecule has 0 nitrogen and oxygen atoms in total. The maximum Gasteiger partial charge on any atom is 0.0395 e. The van der Waals surface area contributed by atoms with Crippen molar-refractivity contribution in [3.63, 3.8) is 0 Å². The van der Waals surface area contributed by atoms with Crippen LogP contribution in [0.3, 0.4) is 0 Å². The fourth-order valence-electron chi connectivity index (χ4n) is 1.80. The molecule has 0 aromatic carbocycles. The molecule has 1 aromatic heterocycles. The lowest BCUT2D eigenvalue weighted by molar-refractivity contribution is 1.38. The Balaban J connectivity index is 2.46. The average molecular weight is 251 g/mol. The van der Waals surface area contributed by atoms with Gasteiger partial charge < -0.3 is 0 Å². The van der Waals surface area contributed by atoms with Crippen molar-refractivity contribution in [2.45, 2.75) is 6.42 Å². The normalized spacial score (nSPS) is 17.9. The van der Waals surface area contributed by atoms with E-state index in [2.05, 4.69) is 45.6 Å². The first-order valence-corrected chi connectivity index (χ1v) is 5.88. The molecule has 64 valence electrons. The lowest BCUT2D eigenvalue weighted by Crippen LogP contribution is -2.16. The highest BCUT2D eigenvalue weighted by atomic mass is 79.9. The lowest BCUT2D eigenvalue weighted by Gasteiger charge is -2.04. The molecule has 0 fully saturated rings. The van der Waals surface area contributed by atoms with Crippen molar-refractivity contribution in [3.05, 3.63) is 43.4 Å². The number of allylic oxidation sites excluding steroid dienone is 4. The zero-order valence-electron chi connectivity index (χ0n) is 6.88. The van der Waals surface area contributed by atoms with Crippen LogP contribution in [0.25, 0.3) is 11.6 Å². The topological polar surface area (TPSA) is 0 Å². The summed E-state index contributed by atoms with van der Waals surface area (Å²) in [6, 6.07) is 0. The minimum Gasteiger partial charge on any atom is -0.142 e. The van der Waals surface area contributed by atoms with Crippen LogP contribution in [-0.4, -0.2) is 0 Å². The van der Waals surface area contributed by atoms with Crippen LogP contribution < -0.4 is 9.75 Å². The molecule has 0 amide bonds. The fraction of sp³-hybridized carbons (Fsp3) is 0.0909. The summed E-state index contributed by atoms with van der Waals surface area (Å²) >= 11 is 5.40. The third kappa shape index (κ3) is 1.02. The molecule has 0 atom stereocenters. The smallest absolute Gasteiger partial charge is 0.0395 e. The van der Waals surface area contributed by atoms with Crippen molar-refractivity contribution in [2.24, 2.45) is 0 Å². The lowest BCUT2D eigenvalue weighted by atomic mass is 10.0. The molecule has 0 aliphatic heterocycles. The minimum absolute atomic E-state index is 1.09. The molecule has 0 saturated heterocycles. The van der Waals surface area contributed by atoms with E-state index in [4.69, 9.17) is 0 Å². The number of hydrogen-bond donors (Lipinski definition) is 0. The van der Waals surface area contributed by atoms with Gasteiger partial charge in [-0.05, 0) is 39.6 Å². The SMILES string of the molecule is Brc1csc2c1=CC1=CC=CCC=21. The Hall–Kier alpha value is -0.600. The standard InChI is InChI=1S/C11H7BrS/c12-10-6-13-11-8-4-2-1-3-7(8)5-9(10)11/h1-3,5-6H,4H2. The fourth-order valence-corrected chi connectivity index (χ4v) is 3.52. The molecular weight excluding hydrogens is 244 g/mol. The van der Waals surface area contributed by atoms with Crippen molar-refractivity contribution in [3.8, 4) is 0 Å². The summed E-state index contributed by atoms with van der Waals surface area (Å²) < 4.78 is 2.68. The van der Waals surface area contributed by atoms with Crippen LogP contribution in [-0.2, 0) is 0 Å². The molecule has 0 bridgehead atoms. The number of halogens is 1. The van der Waals surface area contributed by atoms with E-state index in [1.807, 2.05) is 11.3 Å². The van der Waals surface area contributed by atoms with Crippen LogP contribution in [0.5, 0.6) is 0 Å². The Kier molecular flexibility index (Phi) is 1.61. The van der Waals surface area contributed by atoms with E-state index >= 15 is 0 Å².